The molecule has 0 unspecified atom stereocenters. The Kier molecular flexibility index (Phi) is 4.49. The molecule has 2 heterocycles. The van der Waals surface area contributed by atoms with Crippen LogP contribution < -0.4 is 15.4 Å². The summed E-state index contributed by atoms with van der Waals surface area (Å²) in [5.74, 6) is 1.71. The van der Waals surface area contributed by atoms with E-state index in [1.807, 2.05) is 19.1 Å². The van der Waals surface area contributed by atoms with Crippen molar-refractivity contribution in [3.05, 3.63) is 42.4 Å². The third kappa shape index (κ3) is 3.44. The van der Waals surface area contributed by atoms with Crippen LogP contribution in [-0.4, -0.2) is 23.0 Å². The maximum absolute atomic E-state index is 11.2. The van der Waals surface area contributed by atoms with Gasteiger partial charge in [-0.25, -0.2) is 9.78 Å². The molecule has 0 aliphatic rings. The van der Waals surface area contributed by atoms with E-state index < -0.39 is 0 Å². The fraction of sp³-hybridized carbons (Fsp3) is 0.214. The van der Waals surface area contributed by atoms with E-state index in [2.05, 4.69) is 20.6 Å². The number of carbonyl (C=O) groups excluding carboxylic acids is 1. The average Bonchev–Trinajstić information content (AvgIpc) is 2.48. The zero-order valence-electron chi connectivity index (χ0n) is 11.4. The molecular weight excluding hydrogens is 256 g/mol. The molecule has 0 spiro atoms. The standard InChI is InChI=1S/C14H16N4O2/c1-3-11-12(5-4-7-16-11)20-10-6-8-17-13(9-10)18-14(19)15-2/h4-9H,3H2,1-2H3,(H2,15,17,18,19). The minimum atomic E-state index is -0.328. The number of hydrogen-bond donors (Lipinski definition) is 2. The molecule has 2 amide bonds. The number of carbonyl (C=O) groups is 1. The van der Waals surface area contributed by atoms with Crippen LogP contribution in [0.2, 0.25) is 0 Å². The van der Waals surface area contributed by atoms with Crippen molar-refractivity contribution in [3.63, 3.8) is 0 Å². The molecule has 0 bridgehead atoms. The minimum absolute atomic E-state index is 0.328. The number of anilines is 1. The molecule has 2 aromatic rings. The zero-order chi connectivity index (χ0) is 14.4. The third-order valence-corrected chi connectivity index (χ3v) is 2.61. The van der Waals surface area contributed by atoms with Gasteiger partial charge in [0.15, 0.2) is 0 Å². The number of aromatic nitrogens is 2. The van der Waals surface area contributed by atoms with Crippen molar-refractivity contribution < 1.29 is 9.53 Å². The van der Waals surface area contributed by atoms with Crippen LogP contribution in [0.4, 0.5) is 10.6 Å². The molecule has 2 rings (SSSR count). The molecule has 2 N–H and O–H groups in total. The normalized spacial score (nSPS) is 9.90. The second-order valence-corrected chi connectivity index (χ2v) is 3.98. The average molecular weight is 272 g/mol. The number of amides is 2. The Morgan fingerprint density at radius 3 is 2.90 bits per heavy atom. The quantitative estimate of drug-likeness (QED) is 0.897. The molecule has 0 aliphatic heterocycles. The highest BCUT2D eigenvalue weighted by molar-refractivity contribution is 5.88. The Morgan fingerprint density at radius 1 is 1.30 bits per heavy atom. The predicted molar refractivity (Wildman–Crippen MR) is 76.0 cm³/mol. The van der Waals surface area contributed by atoms with Crippen LogP contribution in [0, 0.1) is 0 Å². The molecule has 20 heavy (non-hydrogen) atoms. The van der Waals surface area contributed by atoms with Crippen molar-refractivity contribution in [1.82, 2.24) is 15.3 Å². The molecule has 0 atom stereocenters. The van der Waals surface area contributed by atoms with Gasteiger partial charge in [0.25, 0.3) is 0 Å². The molecular formula is C14H16N4O2. The highest BCUT2D eigenvalue weighted by atomic mass is 16.5. The molecule has 0 saturated heterocycles. The Labute approximate surface area is 117 Å². The Balaban J connectivity index is 2.17. The van der Waals surface area contributed by atoms with E-state index in [9.17, 15) is 4.79 Å². The molecule has 0 fully saturated rings. The van der Waals surface area contributed by atoms with Gasteiger partial charge < -0.3 is 10.1 Å². The van der Waals surface area contributed by atoms with Crippen molar-refractivity contribution in [2.24, 2.45) is 0 Å². The number of nitrogens with one attached hydrogen (secondary N) is 2. The van der Waals surface area contributed by atoms with Crippen LogP contribution in [0.1, 0.15) is 12.6 Å². The maximum Gasteiger partial charge on any atom is 0.320 e. The Morgan fingerprint density at radius 2 is 2.15 bits per heavy atom. The number of aryl methyl sites for hydroxylation is 1. The maximum atomic E-state index is 11.2. The van der Waals surface area contributed by atoms with Crippen LogP contribution >= 0.6 is 0 Å². The SMILES string of the molecule is CCc1ncccc1Oc1ccnc(NC(=O)NC)c1. The lowest BCUT2D eigenvalue weighted by molar-refractivity contribution is 0.254. The molecule has 6 heteroatoms. The number of rotatable bonds is 4. The minimum Gasteiger partial charge on any atom is -0.455 e. The van der Waals surface area contributed by atoms with Crippen LogP contribution in [0.25, 0.3) is 0 Å². The smallest absolute Gasteiger partial charge is 0.320 e. The largest absolute Gasteiger partial charge is 0.455 e. The van der Waals surface area contributed by atoms with Gasteiger partial charge in [0.2, 0.25) is 0 Å². The fourth-order valence-electron chi connectivity index (χ4n) is 1.63. The summed E-state index contributed by atoms with van der Waals surface area (Å²) in [5, 5.41) is 5.05. The van der Waals surface area contributed by atoms with Gasteiger partial charge in [-0.15, -0.1) is 0 Å². The lowest BCUT2D eigenvalue weighted by Gasteiger charge is -2.10. The van der Waals surface area contributed by atoms with Crippen molar-refractivity contribution in [3.8, 4) is 11.5 Å². The third-order valence-electron chi connectivity index (χ3n) is 2.61. The van der Waals surface area contributed by atoms with E-state index in [-0.39, 0.29) is 6.03 Å². The van der Waals surface area contributed by atoms with Crippen molar-refractivity contribution in [2.75, 3.05) is 12.4 Å². The monoisotopic (exact) mass is 272 g/mol. The lowest BCUT2D eigenvalue weighted by Crippen LogP contribution is -2.24. The number of ether oxygens (including phenoxy) is 1. The Hall–Kier alpha value is -2.63. The zero-order valence-corrected chi connectivity index (χ0v) is 11.4. The van der Waals surface area contributed by atoms with E-state index in [4.69, 9.17) is 4.74 Å². The summed E-state index contributed by atoms with van der Waals surface area (Å²) in [6, 6.07) is 6.73. The van der Waals surface area contributed by atoms with Crippen molar-refractivity contribution in [2.45, 2.75) is 13.3 Å². The van der Waals surface area contributed by atoms with E-state index in [0.29, 0.717) is 17.3 Å². The molecule has 104 valence electrons. The first-order valence-corrected chi connectivity index (χ1v) is 6.29. The van der Waals surface area contributed by atoms with Crippen LogP contribution in [0.15, 0.2) is 36.7 Å². The number of pyridine rings is 2. The van der Waals surface area contributed by atoms with Gasteiger partial charge in [-0.3, -0.25) is 10.3 Å². The summed E-state index contributed by atoms with van der Waals surface area (Å²) in [7, 11) is 1.54. The fourth-order valence-corrected chi connectivity index (χ4v) is 1.63. The van der Waals surface area contributed by atoms with Crippen LogP contribution in [-0.2, 0) is 6.42 Å². The molecule has 0 saturated carbocycles. The van der Waals surface area contributed by atoms with E-state index >= 15 is 0 Å². The summed E-state index contributed by atoms with van der Waals surface area (Å²) >= 11 is 0. The summed E-state index contributed by atoms with van der Waals surface area (Å²) in [4.78, 5) is 19.5. The predicted octanol–water partition coefficient (Wildman–Crippen LogP) is 2.58. The molecule has 0 aliphatic carbocycles. The summed E-state index contributed by atoms with van der Waals surface area (Å²) < 4.78 is 5.78. The summed E-state index contributed by atoms with van der Waals surface area (Å²) in [5.41, 5.74) is 0.880. The first-order chi connectivity index (χ1) is 9.72. The van der Waals surface area contributed by atoms with Crippen LogP contribution in [0.3, 0.4) is 0 Å². The van der Waals surface area contributed by atoms with E-state index in [1.54, 1.807) is 31.6 Å². The highest BCUT2D eigenvalue weighted by Crippen LogP contribution is 2.25. The topological polar surface area (TPSA) is 76.1 Å². The molecule has 0 radical (unpaired) electrons. The molecule has 0 aromatic carbocycles. The summed E-state index contributed by atoms with van der Waals surface area (Å²) in [6.07, 6.45) is 4.09. The van der Waals surface area contributed by atoms with Gasteiger partial charge >= 0.3 is 6.03 Å². The number of urea groups is 1. The number of hydrogen-bond acceptors (Lipinski definition) is 4. The van der Waals surface area contributed by atoms with Gasteiger partial charge in [0.1, 0.15) is 17.3 Å². The lowest BCUT2D eigenvalue weighted by atomic mass is 10.2. The van der Waals surface area contributed by atoms with Gasteiger partial charge in [-0.05, 0) is 24.6 Å². The Bertz CT molecular complexity index is 601. The van der Waals surface area contributed by atoms with E-state index in [0.717, 1.165) is 12.1 Å². The van der Waals surface area contributed by atoms with Gasteiger partial charge in [-0.1, -0.05) is 6.92 Å². The van der Waals surface area contributed by atoms with Gasteiger partial charge in [0.05, 0.1) is 5.69 Å². The highest BCUT2D eigenvalue weighted by Gasteiger charge is 2.06. The number of nitrogens with zero attached hydrogens (tertiary/aromatic N) is 2. The van der Waals surface area contributed by atoms with Crippen LogP contribution in [0.5, 0.6) is 11.5 Å². The van der Waals surface area contributed by atoms with Crippen molar-refractivity contribution >= 4 is 11.8 Å². The summed E-state index contributed by atoms with van der Waals surface area (Å²) in [6.45, 7) is 2.01. The van der Waals surface area contributed by atoms with Gasteiger partial charge in [0, 0.05) is 25.5 Å². The van der Waals surface area contributed by atoms with E-state index in [1.165, 1.54) is 0 Å². The second kappa shape index (κ2) is 6.51. The molecule has 6 nitrogen and oxygen atoms in total. The van der Waals surface area contributed by atoms with Crippen molar-refractivity contribution in [1.29, 1.82) is 0 Å². The second-order valence-electron chi connectivity index (χ2n) is 3.98. The van der Waals surface area contributed by atoms with Gasteiger partial charge in [-0.2, -0.15) is 0 Å². The first kappa shape index (κ1) is 13.8. The first-order valence-electron chi connectivity index (χ1n) is 6.29. The molecule has 2 aromatic heterocycles.